The van der Waals surface area contributed by atoms with Crippen LogP contribution in [0, 0.1) is 6.92 Å². The van der Waals surface area contributed by atoms with Crippen molar-refractivity contribution in [2.75, 3.05) is 13.2 Å². The highest BCUT2D eigenvalue weighted by Gasteiger charge is 2.17. The second-order valence-electron chi connectivity index (χ2n) is 7.95. The van der Waals surface area contributed by atoms with Crippen LogP contribution in [0.4, 0.5) is 5.69 Å². The lowest BCUT2D eigenvalue weighted by molar-refractivity contribution is -0.126. The third kappa shape index (κ3) is 5.84. The Labute approximate surface area is 217 Å². The van der Waals surface area contributed by atoms with Crippen LogP contribution in [0.1, 0.15) is 11.1 Å². The molecule has 0 unspecified atom stereocenters. The van der Waals surface area contributed by atoms with Crippen LogP contribution in [0.25, 0.3) is 10.9 Å². The van der Waals surface area contributed by atoms with Gasteiger partial charge in [-0.1, -0.05) is 65.7 Å². The highest BCUT2D eigenvalue weighted by Crippen LogP contribution is 2.39. The number of hydrogen-bond acceptors (Lipinski definition) is 5. The lowest BCUT2D eigenvalue weighted by atomic mass is 10.2. The van der Waals surface area contributed by atoms with E-state index in [1.165, 1.54) is 0 Å². The summed E-state index contributed by atoms with van der Waals surface area (Å²) in [6.45, 7) is 1.57. The van der Waals surface area contributed by atoms with Gasteiger partial charge in [-0.25, -0.2) is 0 Å². The summed E-state index contributed by atoms with van der Waals surface area (Å²) in [5, 5.41) is 22.4. The number of amides is 2. The molecule has 1 aromatic heterocycles. The number of para-hydroxylation sites is 2. The third-order valence-electron chi connectivity index (χ3n) is 5.39. The van der Waals surface area contributed by atoms with E-state index in [9.17, 15) is 14.7 Å². The van der Waals surface area contributed by atoms with Crippen LogP contribution < -0.4 is 10.1 Å². The molecule has 0 aliphatic carbocycles. The zero-order valence-corrected chi connectivity index (χ0v) is 20.8. The topological polar surface area (TPSA) is 105 Å². The van der Waals surface area contributed by atoms with Gasteiger partial charge in [-0.3, -0.25) is 9.59 Å². The van der Waals surface area contributed by atoms with Crippen molar-refractivity contribution in [3.63, 3.8) is 0 Å². The van der Waals surface area contributed by atoms with Gasteiger partial charge in [0.1, 0.15) is 12.3 Å². The summed E-state index contributed by atoms with van der Waals surface area (Å²) in [6, 6.07) is 19.7. The van der Waals surface area contributed by atoms with Gasteiger partial charge in [-0.2, -0.15) is 0 Å². The molecular weight excluding hydrogens is 503 g/mol. The van der Waals surface area contributed by atoms with Crippen LogP contribution in [0.15, 0.2) is 77.0 Å². The van der Waals surface area contributed by atoms with Crippen LogP contribution in [0.2, 0.25) is 10.0 Å². The summed E-state index contributed by atoms with van der Waals surface area (Å²) in [4.78, 5) is 24.3. The fourth-order valence-corrected chi connectivity index (χ4v) is 3.90. The maximum absolute atomic E-state index is 12.2. The second kappa shape index (κ2) is 11.2. The lowest BCUT2D eigenvalue weighted by Crippen LogP contribution is -2.32. The van der Waals surface area contributed by atoms with Crippen LogP contribution in [0.3, 0.4) is 0 Å². The van der Waals surface area contributed by atoms with E-state index in [0.29, 0.717) is 33.2 Å². The molecule has 0 radical (unpaired) electrons. The molecule has 2 amide bonds. The normalized spacial score (nSPS) is 11.2. The average molecular weight is 525 g/mol. The molecule has 2 N–H and O–H groups in total. The first-order valence-corrected chi connectivity index (χ1v) is 11.7. The van der Waals surface area contributed by atoms with E-state index in [2.05, 4.69) is 15.5 Å². The van der Waals surface area contributed by atoms with Gasteiger partial charge < -0.3 is 19.7 Å². The largest absolute Gasteiger partial charge is 0.493 e. The first kappa shape index (κ1) is 25.2. The van der Waals surface area contributed by atoms with E-state index in [1.54, 1.807) is 47.0 Å². The van der Waals surface area contributed by atoms with Crippen molar-refractivity contribution in [2.45, 2.75) is 13.5 Å². The Bertz CT molecular complexity index is 1470. The molecule has 0 saturated heterocycles. The standard InChI is InChI=1S/C26H22Cl2N4O4/c1-16-6-2-5-9-22(16)36-15-24(34)29-13-23(33)30-31-25-18-7-3-4-8-21(18)32(26(25)35)14-17-10-11-19(27)20(28)12-17/h2-12,35H,13-15H2,1H3,(H,29,34). The van der Waals surface area contributed by atoms with Gasteiger partial charge in [0.2, 0.25) is 5.88 Å². The zero-order chi connectivity index (χ0) is 25.7. The van der Waals surface area contributed by atoms with Crippen molar-refractivity contribution in [3.05, 3.63) is 87.9 Å². The molecule has 36 heavy (non-hydrogen) atoms. The maximum atomic E-state index is 12.2. The number of carbonyl (C=O) groups excluding carboxylic acids is 2. The first-order valence-electron chi connectivity index (χ1n) is 11.0. The Morgan fingerprint density at radius 3 is 2.56 bits per heavy atom. The van der Waals surface area contributed by atoms with Crippen LogP contribution in [-0.2, 0) is 16.1 Å². The molecule has 1 heterocycles. The molecule has 0 atom stereocenters. The molecule has 4 rings (SSSR count). The van der Waals surface area contributed by atoms with E-state index in [-0.39, 0.29) is 24.7 Å². The Kier molecular flexibility index (Phi) is 7.87. The summed E-state index contributed by atoms with van der Waals surface area (Å²) in [7, 11) is 0. The van der Waals surface area contributed by atoms with Gasteiger partial charge in [-0.15, -0.1) is 10.2 Å². The number of nitrogens with zero attached hydrogens (tertiary/aromatic N) is 3. The van der Waals surface area contributed by atoms with Crippen molar-refractivity contribution in [2.24, 2.45) is 10.2 Å². The number of aryl methyl sites for hydroxylation is 1. The van der Waals surface area contributed by atoms with Crippen molar-refractivity contribution in [1.82, 2.24) is 9.88 Å². The minimum Gasteiger partial charge on any atom is -0.493 e. The highest BCUT2D eigenvalue weighted by atomic mass is 35.5. The number of aromatic nitrogens is 1. The molecule has 3 aromatic carbocycles. The van der Waals surface area contributed by atoms with Gasteiger partial charge in [-0.05, 0) is 42.3 Å². The van der Waals surface area contributed by atoms with Crippen molar-refractivity contribution in [3.8, 4) is 11.6 Å². The number of benzene rings is 3. The Morgan fingerprint density at radius 1 is 1.03 bits per heavy atom. The van der Waals surface area contributed by atoms with E-state index in [1.807, 2.05) is 31.2 Å². The van der Waals surface area contributed by atoms with Crippen molar-refractivity contribution in [1.29, 1.82) is 0 Å². The van der Waals surface area contributed by atoms with E-state index < -0.39 is 11.8 Å². The average Bonchev–Trinajstić information content (AvgIpc) is 3.13. The molecule has 0 saturated carbocycles. The first-order chi connectivity index (χ1) is 17.3. The van der Waals surface area contributed by atoms with Gasteiger partial charge in [0, 0.05) is 5.39 Å². The molecule has 4 aromatic rings. The number of aromatic hydroxyl groups is 1. The number of fused-ring (bicyclic) bond motifs is 1. The van der Waals surface area contributed by atoms with Gasteiger partial charge in [0.15, 0.2) is 12.3 Å². The van der Waals surface area contributed by atoms with Crippen molar-refractivity contribution >= 4 is 51.6 Å². The number of rotatable bonds is 8. The van der Waals surface area contributed by atoms with E-state index in [0.717, 1.165) is 11.1 Å². The van der Waals surface area contributed by atoms with E-state index in [4.69, 9.17) is 27.9 Å². The lowest BCUT2D eigenvalue weighted by Gasteiger charge is -2.08. The number of nitrogens with one attached hydrogen (secondary N) is 1. The quantitative estimate of drug-likeness (QED) is 0.283. The summed E-state index contributed by atoms with van der Waals surface area (Å²) in [6.07, 6.45) is 0. The molecule has 8 nitrogen and oxygen atoms in total. The molecule has 0 fully saturated rings. The van der Waals surface area contributed by atoms with Gasteiger partial charge in [0.05, 0.1) is 22.1 Å². The summed E-state index contributed by atoms with van der Waals surface area (Å²) in [5.41, 5.74) is 2.56. The predicted octanol–water partition coefficient (Wildman–Crippen LogP) is 5.82. The highest BCUT2D eigenvalue weighted by molar-refractivity contribution is 6.42. The van der Waals surface area contributed by atoms with E-state index >= 15 is 0 Å². The van der Waals surface area contributed by atoms with Crippen LogP contribution in [-0.4, -0.2) is 34.6 Å². The number of hydrogen-bond donors (Lipinski definition) is 2. The molecule has 0 bridgehead atoms. The molecule has 0 aliphatic heterocycles. The molecular formula is C26H22Cl2N4O4. The third-order valence-corrected chi connectivity index (χ3v) is 6.13. The van der Waals surface area contributed by atoms with Crippen LogP contribution >= 0.6 is 23.2 Å². The Morgan fingerprint density at radius 2 is 1.78 bits per heavy atom. The number of ether oxygens (including phenoxy) is 1. The molecule has 10 heteroatoms. The summed E-state index contributed by atoms with van der Waals surface area (Å²) >= 11 is 12.1. The van der Waals surface area contributed by atoms with Gasteiger partial charge >= 0.3 is 0 Å². The smallest absolute Gasteiger partial charge is 0.283 e. The SMILES string of the molecule is Cc1ccccc1OCC(=O)NCC(=O)N=Nc1c(O)n(Cc2ccc(Cl)c(Cl)c2)c2ccccc12. The Hall–Kier alpha value is -3.88. The number of carbonyl (C=O) groups is 2. The molecule has 0 spiro atoms. The fourth-order valence-electron chi connectivity index (χ4n) is 3.58. The second-order valence-corrected chi connectivity index (χ2v) is 8.76. The Balaban J connectivity index is 1.43. The monoisotopic (exact) mass is 524 g/mol. The number of azo groups is 1. The minimum atomic E-state index is -0.681. The maximum Gasteiger partial charge on any atom is 0.283 e. The summed E-state index contributed by atoms with van der Waals surface area (Å²) < 4.78 is 7.10. The van der Waals surface area contributed by atoms with Crippen molar-refractivity contribution < 1.29 is 19.4 Å². The van der Waals surface area contributed by atoms with Crippen LogP contribution in [0.5, 0.6) is 11.6 Å². The summed E-state index contributed by atoms with van der Waals surface area (Å²) in [5.74, 6) is -0.719. The molecule has 0 aliphatic rings. The predicted molar refractivity (Wildman–Crippen MR) is 138 cm³/mol. The van der Waals surface area contributed by atoms with Gasteiger partial charge in [0.25, 0.3) is 11.8 Å². The zero-order valence-electron chi connectivity index (χ0n) is 19.2. The number of halogens is 2. The molecule has 184 valence electrons. The minimum absolute atomic E-state index is 0.147. The fraction of sp³-hybridized carbons (Fsp3) is 0.154.